The van der Waals surface area contributed by atoms with E-state index >= 15 is 0 Å². The Morgan fingerprint density at radius 2 is 1.74 bits per heavy atom. The van der Waals surface area contributed by atoms with Gasteiger partial charge in [0.2, 0.25) is 0 Å². The summed E-state index contributed by atoms with van der Waals surface area (Å²) < 4.78 is 16.1. The molecule has 0 spiro atoms. The van der Waals surface area contributed by atoms with Crippen LogP contribution in [0.3, 0.4) is 0 Å². The van der Waals surface area contributed by atoms with Crippen molar-refractivity contribution in [2.24, 2.45) is 11.7 Å². The maximum absolute atomic E-state index is 6.00. The van der Waals surface area contributed by atoms with E-state index in [2.05, 4.69) is 12.1 Å². The Balaban J connectivity index is 2.25. The highest BCUT2D eigenvalue weighted by molar-refractivity contribution is 5.40. The molecular weight excluding hydrogens is 242 g/mol. The van der Waals surface area contributed by atoms with Gasteiger partial charge in [-0.3, -0.25) is 0 Å². The van der Waals surface area contributed by atoms with E-state index < -0.39 is 0 Å². The van der Waals surface area contributed by atoms with Crippen LogP contribution in [-0.4, -0.2) is 34.0 Å². The van der Waals surface area contributed by atoms with E-state index in [0.29, 0.717) is 18.4 Å². The van der Waals surface area contributed by atoms with Gasteiger partial charge in [0.25, 0.3) is 0 Å². The maximum atomic E-state index is 6.00. The Morgan fingerprint density at radius 1 is 1.16 bits per heavy atom. The van der Waals surface area contributed by atoms with Crippen LogP contribution in [-0.2, 0) is 4.74 Å². The third-order valence-electron chi connectivity index (χ3n) is 3.89. The van der Waals surface area contributed by atoms with E-state index in [4.69, 9.17) is 19.9 Å². The molecule has 1 atom stereocenters. The highest BCUT2D eigenvalue weighted by Gasteiger charge is 2.25. The van der Waals surface area contributed by atoms with Crippen LogP contribution >= 0.6 is 0 Å². The molecule has 1 aromatic rings. The molecular formula is C15H23NO3. The Bertz CT molecular complexity index is 380. The first-order valence-electron chi connectivity index (χ1n) is 6.79. The zero-order valence-electron chi connectivity index (χ0n) is 11.7. The van der Waals surface area contributed by atoms with E-state index in [1.807, 2.05) is 6.07 Å². The number of hydrogen-bond acceptors (Lipinski definition) is 4. The molecule has 1 fully saturated rings. The zero-order chi connectivity index (χ0) is 13.7. The second-order valence-electron chi connectivity index (χ2n) is 4.94. The standard InChI is InChI=1S/C15H23NO3/c1-17-13-7-12(8-14(9-13)18-2)15(10-16)11-3-5-19-6-4-11/h7-9,11,15H,3-6,10,16H2,1-2H3. The molecule has 1 aromatic carbocycles. The van der Waals surface area contributed by atoms with Crippen molar-refractivity contribution in [2.75, 3.05) is 34.0 Å². The zero-order valence-corrected chi connectivity index (χ0v) is 11.7. The number of methoxy groups -OCH3 is 2. The van der Waals surface area contributed by atoms with Gasteiger partial charge >= 0.3 is 0 Å². The first kappa shape index (κ1) is 14.2. The fourth-order valence-electron chi connectivity index (χ4n) is 2.76. The summed E-state index contributed by atoms with van der Waals surface area (Å²) in [6, 6.07) is 6.02. The molecule has 4 nitrogen and oxygen atoms in total. The van der Waals surface area contributed by atoms with E-state index in [9.17, 15) is 0 Å². The summed E-state index contributed by atoms with van der Waals surface area (Å²) in [6.45, 7) is 2.31. The molecule has 4 heteroatoms. The van der Waals surface area contributed by atoms with Crippen LogP contribution in [0.2, 0.25) is 0 Å². The highest BCUT2D eigenvalue weighted by Crippen LogP contribution is 2.35. The summed E-state index contributed by atoms with van der Waals surface area (Å²) in [5.41, 5.74) is 7.20. The highest BCUT2D eigenvalue weighted by atomic mass is 16.5. The molecule has 106 valence electrons. The van der Waals surface area contributed by atoms with Crippen LogP contribution in [0.5, 0.6) is 11.5 Å². The average Bonchev–Trinajstić information content (AvgIpc) is 2.48. The minimum Gasteiger partial charge on any atom is -0.497 e. The van der Waals surface area contributed by atoms with Crippen molar-refractivity contribution in [3.05, 3.63) is 23.8 Å². The largest absolute Gasteiger partial charge is 0.497 e. The second-order valence-corrected chi connectivity index (χ2v) is 4.94. The summed E-state index contributed by atoms with van der Waals surface area (Å²) >= 11 is 0. The fourth-order valence-corrected chi connectivity index (χ4v) is 2.76. The molecule has 0 saturated carbocycles. The SMILES string of the molecule is COc1cc(OC)cc(C(CN)C2CCOCC2)c1. The molecule has 2 N–H and O–H groups in total. The van der Waals surface area contributed by atoms with Crippen LogP contribution in [0.15, 0.2) is 18.2 Å². The van der Waals surface area contributed by atoms with Crippen molar-refractivity contribution in [2.45, 2.75) is 18.8 Å². The predicted molar refractivity (Wildman–Crippen MR) is 74.9 cm³/mol. The topological polar surface area (TPSA) is 53.7 Å². The van der Waals surface area contributed by atoms with Crippen LogP contribution in [0.1, 0.15) is 24.3 Å². The minimum absolute atomic E-state index is 0.341. The van der Waals surface area contributed by atoms with E-state index in [1.54, 1.807) is 14.2 Å². The Morgan fingerprint density at radius 3 is 2.21 bits per heavy atom. The van der Waals surface area contributed by atoms with E-state index in [1.165, 1.54) is 5.56 Å². The Hall–Kier alpha value is -1.26. The summed E-state index contributed by atoms with van der Waals surface area (Å²) in [5, 5.41) is 0. The van der Waals surface area contributed by atoms with Crippen LogP contribution in [0.4, 0.5) is 0 Å². The molecule has 1 saturated heterocycles. The number of hydrogen-bond donors (Lipinski definition) is 1. The van der Waals surface area contributed by atoms with Crippen molar-refractivity contribution < 1.29 is 14.2 Å². The summed E-state index contributed by atoms with van der Waals surface area (Å²) in [6.07, 6.45) is 2.14. The smallest absolute Gasteiger partial charge is 0.122 e. The lowest BCUT2D eigenvalue weighted by Gasteiger charge is -2.30. The Labute approximate surface area is 114 Å². The quantitative estimate of drug-likeness (QED) is 0.886. The maximum Gasteiger partial charge on any atom is 0.122 e. The number of nitrogens with two attached hydrogens (primary N) is 1. The van der Waals surface area contributed by atoms with Gasteiger partial charge in [0.15, 0.2) is 0 Å². The van der Waals surface area contributed by atoms with Gasteiger partial charge in [-0.1, -0.05) is 0 Å². The van der Waals surface area contributed by atoms with Gasteiger partial charge in [-0.25, -0.2) is 0 Å². The van der Waals surface area contributed by atoms with Crippen molar-refractivity contribution in [1.82, 2.24) is 0 Å². The molecule has 0 radical (unpaired) electrons. The number of rotatable bonds is 5. The van der Waals surface area contributed by atoms with Crippen LogP contribution in [0.25, 0.3) is 0 Å². The first-order chi connectivity index (χ1) is 9.28. The number of benzene rings is 1. The van der Waals surface area contributed by atoms with Gasteiger partial charge < -0.3 is 19.9 Å². The van der Waals surface area contributed by atoms with Gasteiger partial charge in [0, 0.05) is 19.3 Å². The molecule has 2 rings (SSSR count). The lowest BCUT2D eigenvalue weighted by atomic mass is 9.81. The molecule has 1 aliphatic heterocycles. The summed E-state index contributed by atoms with van der Waals surface area (Å²) in [7, 11) is 3.34. The lowest BCUT2D eigenvalue weighted by molar-refractivity contribution is 0.0586. The molecule has 19 heavy (non-hydrogen) atoms. The molecule has 0 aromatic heterocycles. The van der Waals surface area contributed by atoms with Crippen molar-refractivity contribution in [1.29, 1.82) is 0 Å². The molecule has 0 amide bonds. The lowest BCUT2D eigenvalue weighted by Crippen LogP contribution is -2.27. The van der Waals surface area contributed by atoms with Gasteiger partial charge in [-0.2, -0.15) is 0 Å². The first-order valence-corrected chi connectivity index (χ1v) is 6.79. The van der Waals surface area contributed by atoms with Gasteiger partial charge in [0.05, 0.1) is 14.2 Å². The molecule has 1 unspecified atom stereocenters. The molecule has 0 aliphatic carbocycles. The summed E-state index contributed by atoms with van der Waals surface area (Å²) in [4.78, 5) is 0. The minimum atomic E-state index is 0.341. The van der Waals surface area contributed by atoms with Crippen LogP contribution < -0.4 is 15.2 Å². The van der Waals surface area contributed by atoms with Crippen molar-refractivity contribution in [3.63, 3.8) is 0 Å². The Kier molecular flexibility index (Phi) is 5.05. The summed E-state index contributed by atoms with van der Waals surface area (Å²) in [5.74, 6) is 2.56. The van der Waals surface area contributed by atoms with Gasteiger partial charge in [0.1, 0.15) is 11.5 Å². The fraction of sp³-hybridized carbons (Fsp3) is 0.600. The monoisotopic (exact) mass is 265 g/mol. The predicted octanol–water partition coefficient (Wildman–Crippen LogP) is 2.17. The molecule has 1 heterocycles. The van der Waals surface area contributed by atoms with Crippen LogP contribution in [0, 0.1) is 5.92 Å². The van der Waals surface area contributed by atoms with Gasteiger partial charge in [-0.15, -0.1) is 0 Å². The van der Waals surface area contributed by atoms with Gasteiger partial charge in [-0.05, 0) is 48.9 Å². The van der Waals surface area contributed by atoms with Crippen molar-refractivity contribution >= 4 is 0 Å². The molecule has 0 bridgehead atoms. The van der Waals surface area contributed by atoms with E-state index in [0.717, 1.165) is 37.6 Å². The normalized spacial score (nSPS) is 18.1. The van der Waals surface area contributed by atoms with E-state index in [-0.39, 0.29) is 0 Å². The third kappa shape index (κ3) is 3.39. The third-order valence-corrected chi connectivity index (χ3v) is 3.89. The van der Waals surface area contributed by atoms with Crippen molar-refractivity contribution in [3.8, 4) is 11.5 Å². The number of ether oxygens (including phenoxy) is 3. The second kappa shape index (κ2) is 6.78. The molecule has 1 aliphatic rings. The average molecular weight is 265 g/mol.